The zero-order valence-corrected chi connectivity index (χ0v) is 12.3. The lowest BCUT2D eigenvalue weighted by atomic mass is 9.90. The van der Waals surface area contributed by atoms with E-state index in [0.29, 0.717) is 11.2 Å². The Bertz CT molecular complexity index is 538. The third-order valence-corrected chi connectivity index (χ3v) is 3.04. The van der Waals surface area contributed by atoms with Crippen molar-refractivity contribution in [2.75, 3.05) is 11.9 Å². The van der Waals surface area contributed by atoms with Gasteiger partial charge in [-0.25, -0.2) is 4.98 Å². The summed E-state index contributed by atoms with van der Waals surface area (Å²) >= 11 is 0. The molecule has 2 heterocycles. The van der Waals surface area contributed by atoms with Crippen LogP contribution in [0.4, 0.5) is 5.82 Å². The topological polar surface area (TPSA) is 55.1 Å². The highest BCUT2D eigenvalue weighted by Gasteiger charge is 2.09. The molecule has 0 spiro atoms. The Morgan fingerprint density at radius 2 is 2.05 bits per heavy atom. The molecule has 0 bridgehead atoms. The van der Waals surface area contributed by atoms with Crippen molar-refractivity contribution < 1.29 is 0 Å². The van der Waals surface area contributed by atoms with Crippen LogP contribution >= 0.6 is 0 Å². The van der Waals surface area contributed by atoms with Crippen molar-refractivity contribution in [1.82, 2.24) is 19.6 Å². The van der Waals surface area contributed by atoms with Gasteiger partial charge in [-0.2, -0.15) is 14.6 Å². The highest BCUT2D eigenvalue weighted by molar-refractivity contribution is 5.44. The molecule has 104 valence electrons. The van der Waals surface area contributed by atoms with Gasteiger partial charge in [0.1, 0.15) is 12.1 Å². The van der Waals surface area contributed by atoms with Gasteiger partial charge in [0.25, 0.3) is 5.78 Å². The van der Waals surface area contributed by atoms with Crippen LogP contribution in [0.15, 0.2) is 12.4 Å². The number of nitrogens with zero attached hydrogens (tertiary/aromatic N) is 4. The van der Waals surface area contributed by atoms with Crippen molar-refractivity contribution in [3.8, 4) is 0 Å². The van der Waals surface area contributed by atoms with Crippen molar-refractivity contribution in [1.29, 1.82) is 0 Å². The maximum atomic E-state index is 4.32. The maximum absolute atomic E-state index is 4.32. The lowest BCUT2D eigenvalue weighted by molar-refractivity contribution is 0.362. The Morgan fingerprint density at radius 1 is 1.26 bits per heavy atom. The molecule has 0 saturated carbocycles. The number of rotatable bonds is 5. The Morgan fingerprint density at radius 3 is 2.79 bits per heavy atom. The van der Waals surface area contributed by atoms with Gasteiger partial charge in [-0.05, 0) is 25.2 Å². The number of anilines is 1. The molecule has 0 saturated heterocycles. The first-order valence-electron chi connectivity index (χ1n) is 6.87. The van der Waals surface area contributed by atoms with Crippen LogP contribution in [0.25, 0.3) is 5.78 Å². The van der Waals surface area contributed by atoms with Gasteiger partial charge >= 0.3 is 0 Å². The number of hydrogen-bond donors (Lipinski definition) is 1. The number of hydrogen-bond acceptors (Lipinski definition) is 4. The second kappa shape index (κ2) is 5.55. The van der Waals surface area contributed by atoms with E-state index >= 15 is 0 Å². The molecule has 2 aromatic heterocycles. The van der Waals surface area contributed by atoms with Crippen LogP contribution in [0.1, 0.15) is 45.7 Å². The first-order chi connectivity index (χ1) is 8.96. The summed E-state index contributed by atoms with van der Waals surface area (Å²) in [6.45, 7) is 9.77. The average Bonchev–Trinajstić information content (AvgIpc) is 2.74. The molecule has 0 radical (unpaired) electrons. The SMILES string of the molecule is Cc1cc(NCCCCC(C)(C)C)n2ncnc2n1. The van der Waals surface area contributed by atoms with E-state index in [4.69, 9.17) is 0 Å². The summed E-state index contributed by atoms with van der Waals surface area (Å²) < 4.78 is 1.75. The number of aryl methyl sites for hydroxylation is 1. The molecular formula is C14H23N5. The van der Waals surface area contributed by atoms with Gasteiger partial charge in [0, 0.05) is 18.3 Å². The summed E-state index contributed by atoms with van der Waals surface area (Å²) in [5.41, 5.74) is 1.38. The standard InChI is InChI=1S/C14H23N5/c1-11-9-12(19-13(18-11)16-10-17-19)15-8-6-5-7-14(2,3)4/h9-10,15H,5-8H2,1-4H3. The first kappa shape index (κ1) is 13.8. The van der Waals surface area contributed by atoms with E-state index in [1.54, 1.807) is 4.52 Å². The summed E-state index contributed by atoms with van der Waals surface area (Å²) in [6, 6.07) is 2.01. The van der Waals surface area contributed by atoms with E-state index in [-0.39, 0.29) is 0 Å². The average molecular weight is 261 g/mol. The van der Waals surface area contributed by atoms with E-state index in [1.165, 1.54) is 19.2 Å². The van der Waals surface area contributed by atoms with E-state index in [2.05, 4.69) is 41.2 Å². The van der Waals surface area contributed by atoms with Crippen LogP contribution in [0.2, 0.25) is 0 Å². The molecule has 0 aliphatic heterocycles. The van der Waals surface area contributed by atoms with Crippen molar-refractivity contribution in [3.05, 3.63) is 18.1 Å². The fraction of sp³-hybridized carbons (Fsp3) is 0.643. The van der Waals surface area contributed by atoms with Gasteiger partial charge in [-0.3, -0.25) is 0 Å². The van der Waals surface area contributed by atoms with Crippen LogP contribution < -0.4 is 5.32 Å². The van der Waals surface area contributed by atoms with E-state index in [9.17, 15) is 0 Å². The Balaban J connectivity index is 1.89. The number of fused-ring (bicyclic) bond motifs is 1. The largest absolute Gasteiger partial charge is 0.370 e. The van der Waals surface area contributed by atoms with Crippen LogP contribution in [-0.4, -0.2) is 26.1 Å². The fourth-order valence-corrected chi connectivity index (χ4v) is 2.05. The van der Waals surface area contributed by atoms with Crippen LogP contribution in [-0.2, 0) is 0 Å². The zero-order valence-electron chi connectivity index (χ0n) is 12.3. The summed E-state index contributed by atoms with van der Waals surface area (Å²) in [7, 11) is 0. The third kappa shape index (κ3) is 3.91. The molecule has 19 heavy (non-hydrogen) atoms. The van der Waals surface area contributed by atoms with E-state index < -0.39 is 0 Å². The molecule has 0 aliphatic rings. The van der Waals surface area contributed by atoms with Gasteiger partial charge in [-0.15, -0.1) is 0 Å². The van der Waals surface area contributed by atoms with Gasteiger partial charge in [0.15, 0.2) is 0 Å². The molecule has 0 atom stereocenters. The Hall–Kier alpha value is -1.65. The van der Waals surface area contributed by atoms with Gasteiger partial charge in [0.2, 0.25) is 0 Å². The normalized spacial score (nSPS) is 12.0. The number of unbranched alkanes of at least 4 members (excludes halogenated alkanes) is 1. The molecule has 0 unspecified atom stereocenters. The van der Waals surface area contributed by atoms with Crippen LogP contribution in [0.5, 0.6) is 0 Å². The molecule has 5 nitrogen and oxygen atoms in total. The quantitative estimate of drug-likeness (QED) is 0.840. The van der Waals surface area contributed by atoms with Crippen molar-refractivity contribution >= 4 is 11.6 Å². The van der Waals surface area contributed by atoms with Crippen molar-refractivity contribution in [2.24, 2.45) is 5.41 Å². The highest BCUT2D eigenvalue weighted by atomic mass is 15.3. The Kier molecular flexibility index (Phi) is 4.02. The van der Waals surface area contributed by atoms with Gasteiger partial charge in [-0.1, -0.05) is 27.2 Å². The minimum absolute atomic E-state index is 0.423. The first-order valence-corrected chi connectivity index (χ1v) is 6.87. The van der Waals surface area contributed by atoms with Gasteiger partial charge in [0.05, 0.1) is 0 Å². The molecule has 0 aliphatic carbocycles. The number of aromatic nitrogens is 4. The third-order valence-electron chi connectivity index (χ3n) is 3.04. The predicted octanol–water partition coefficient (Wildman–Crippen LogP) is 3.06. The second-order valence-corrected chi connectivity index (χ2v) is 6.20. The van der Waals surface area contributed by atoms with Crippen LogP contribution in [0.3, 0.4) is 0 Å². The zero-order chi connectivity index (χ0) is 13.9. The molecule has 2 rings (SSSR count). The minimum atomic E-state index is 0.423. The van der Waals surface area contributed by atoms with Crippen molar-refractivity contribution in [3.63, 3.8) is 0 Å². The summed E-state index contributed by atoms with van der Waals surface area (Å²) in [6.07, 6.45) is 5.19. The second-order valence-electron chi connectivity index (χ2n) is 6.20. The highest BCUT2D eigenvalue weighted by Crippen LogP contribution is 2.21. The summed E-state index contributed by atoms with van der Waals surface area (Å²) in [5, 5.41) is 7.60. The van der Waals surface area contributed by atoms with Crippen molar-refractivity contribution in [2.45, 2.75) is 47.0 Å². The lowest BCUT2D eigenvalue weighted by Gasteiger charge is -2.17. The van der Waals surface area contributed by atoms with E-state index in [0.717, 1.165) is 24.5 Å². The van der Waals surface area contributed by atoms with Gasteiger partial charge < -0.3 is 5.32 Å². The molecule has 0 fully saturated rings. The molecule has 0 aromatic carbocycles. The number of nitrogens with one attached hydrogen (secondary N) is 1. The molecule has 1 N–H and O–H groups in total. The van der Waals surface area contributed by atoms with E-state index in [1.807, 2.05) is 13.0 Å². The molecule has 0 amide bonds. The minimum Gasteiger partial charge on any atom is -0.370 e. The lowest BCUT2D eigenvalue weighted by Crippen LogP contribution is -2.10. The fourth-order valence-electron chi connectivity index (χ4n) is 2.05. The molecule has 5 heteroatoms. The summed E-state index contributed by atoms with van der Waals surface area (Å²) in [5.74, 6) is 1.62. The van der Waals surface area contributed by atoms with Crippen LogP contribution in [0, 0.1) is 12.3 Å². The molecule has 2 aromatic rings. The Labute approximate surface area is 114 Å². The summed E-state index contributed by atoms with van der Waals surface area (Å²) in [4.78, 5) is 8.44. The molecular weight excluding hydrogens is 238 g/mol. The maximum Gasteiger partial charge on any atom is 0.254 e. The monoisotopic (exact) mass is 261 g/mol. The predicted molar refractivity (Wildman–Crippen MR) is 77.3 cm³/mol. The smallest absolute Gasteiger partial charge is 0.254 e.